The summed E-state index contributed by atoms with van der Waals surface area (Å²) in [6.45, 7) is 2.72. The number of para-hydroxylation sites is 1. The van der Waals surface area contributed by atoms with Crippen LogP contribution in [-0.2, 0) is 11.3 Å². The van der Waals surface area contributed by atoms with Gasteiger partial charge in [0, 0.05) is 17.8 Å². The van der Waals surface area contributed by atoms with E-state index < -0.39 is 0 Å². The molecule has 1 aliphatic rings. The van der Waals surface area contributed by atoms with Gasteiger partial charge in [-0.25, -0.2) is 0 Å². The van der Waals surface area contributed by atoms with E-state index in [1.807, 2.05) is 16.9 Å². The minimum absolute atomic E-state index is 0.134. The highest BCUT2D eigenvalue weighted by molar-refractivity contribution is 5.82. The van der Waals surface area contributed by atoms with Crippen LogP contribution >= 0.6 is 0 Å². The number of fused-ring (bicyclic) bond motifs is 1. The Morgan fingerprint density at radius 1 is 1.50 bits per heavy atom. The summed E-state index contributed by atoms with van der Waals surface area (Å²) in [6.07, 6.45) is 4.63. The molecule has 1 aromatic carbocycles. The summed E-state index contributed by atoms with van der Waals surface area (Å²) in [6, 6.07) is 6.60. The zero-order valence-corrected chi connectivity index (χ0v) is 10.5. The number of nitrogens with one attached hydrogen (secondary N) is 1. The van der Waals surface area contributed by atoms with Gasteiger partial charge in [-0.1, -0.05) is 18.2 Å². The van der Waals surface area contributed by atoms with Crippen molar-refractivity contribution in [3.63, 3.8) is 0 Å². The summed E-state index contributed by atoms with van der Waals surface area (Å²) in [5, 5.41) is 8.50. The third-order valence-corrected chi connectivity index (χ3v) is 3.36. The fraction of sp³-hybridized carbons (Fsp3) is 0.429. The maximum Gasteiger partial charge on any atom is 0.222 e. The highest BCUT2D eigenvalue weighted by atomic mass is 16.1. The third-order valence-electron chi connectivity index (χ3n) is 3.36. The van der Waals surface area contributed by atoms with Crippen LogP contribution in [0.1, 0.15) is 24.8 Å². The van der Waals surface area contributed by atoms with Crippen molar-refractivity contribution >= 4 is 16.8 Å². The Bertz CT molecular complexity index is 584. The molecule has 0 bridgehead atoms. The van der Waals surface area contributed by atoms with E-state index in [0.29, 0.717) is 19.0 Å². The summed E-state index contributed by atoms with van der Waals surface area (Å²) in [7, 11) is 0. The van der Waals surface area contributed by atoms with E-state index in [4.69, 9.17) is 0 Å². The van der Waals surface area contributed by atoms with Gasteiger partial charge in [-0.05, 0) is 25.3 Å². The second-order valence-electron chi connectivity index (χ2n) is 4.97. The van der Waals surface area contributed by atoms with Crippen molar-refractivity contribution in [3.8, 4) is 0 Å². The molecule has 0 radical (unpaired) electrons. The second kappa shape index (κ2) is 4.44. The smallest absolute Gasteiger partial charge is 0.222 e. The summed E-state index contributed by atoms with van der Waals surface area (Å²) in [5.74, 6) is 0.134. The predicted molar refractivity (Wildman–Crippen MR) is 70.3 cm³/mol. The molecule has 2 aromatic rings. The lowest BCUT2D eigenvalue weighted by molar-refractivity contribution is -0.121. The SMILES string of the molecule is Cc1cccc2cnn(CCC(=O)NC3CC3)c12. The number of aryl methyl sites for hydroxylation is 2. The maximum absolute atomic E-state index is 11.7. The summed E-state index contributed by atoms with van der Waals surface area (Å²) in [4.78, 5) is 11.7. The zero-order valence-electron chi connectivity index (χ0n) is 10.5. The van der Waals surface area contributed by atoms with Crippen molar-refractivity contribution in [1.29, 1.82) is 0 Å². The molecule has 0 atom stereocenters. The number of carbonyl (C=O) groups excluding carboxylic acids is 1. The van der Waals surface area contributed by atoms with Gasteiger partial charge in [-0.3, -0.25) is 9.48 Å². The van der Waals surface area contributed by atoms with E-state index in [-0.39, 0.29) is 5.91 Å². The van der Waals surface area contributed by atoms with Crippen LogP contribution in [0.5, 0.6) is 0 Å². The van der Waals surface area contributed by atoms with Gasteiger partial charge in [-0.2, -0.15) is 5.10 Å². The molecule has 1 aliphatic carbocycles. The molecule has 4 heteroatoms. The number of carbonyl (C=O) groups is 1. The van der Waals surface area contributed by atoms with Gasteiger partial charge in [0.25, 0.3) is 0 Å². The minimum atomic E-state index is 0.134. The third kappa shape index (κ3) is 2.23. The molecular formula is C14H17N3O. The quantitative estimate of drug-likeness (QED) is 0.893. The van der Waals surface area contributed by atoms with Gasteiger partial charge in [0.15, 0.2) is 0 Å². The fourth-order valence-corrected chi connectivity index (χ4v) is 2.23. The first-order chi connectivity index (χ1) is 8.74. The summed E-state index contributed by atoms with van der Waals surface area (Å²) >= 11 is 0. The minimum Gasteiger partial charge on any atom is -0.353 e. The molecule has 1 aromatic heterocycles. The monoisotopic (exact) mass is 243 g/mol. The second-order valence-corrected chi connectivity index (χ2v) is 4.97. The Balaban J connectivity index is 1.72. The van der Waals surface area contributed by atoms with E-state index in [0.717, 1.165) is 23.7 Å². The van der Waals surface area contributed by atoms with Crippen molar-refractivity contribution in [2.75, 3.05) is 0 Å². The normalized spacial score (nSPS) is 14.9. The highest BCUT2D eigenvalue weighted by Crippen LogP contribution is 2.19. The molecule has 1 amide bonds. The fourth-order valence-electron chi connectivity index (χ4n) is 2.23. The van der Waals surface area contributed by atoms with E-state index >= 15 is 0 Å². The molecule has 1 N–H and O–H groups in total. The Morgan fingerprint density at radius 3 is 3.11 bits per heavy atom. The average molecular weight is 243 g/mol. The van der Waals surface area contributed by atoms with Gasteiger partial charge < -0.3 is 5.32 Å². The van der Waals surface area contributed by atoms with Crippen LogP contribution in [0.3, 0.4) is 0 Å². The molecule has 0 unspecified atom stereocenters. The summed E-state index contributed by atoms with van der Waals surface area (Å²) in [5.41, 5.74) is 2.34. The van der Waals surface area contributed by atoms with Gasteiger partial charge >= 0.3 is 0 Å². The predicted octanol–water partition coefficient (Wildman–Crippen LogP) is 2.01. The number of benzene rings is 1. The Labute approximate surface area is 106 Å². The number of hydrogen-bond acceptors (Lipinski definition) is 2. The molecule has 0 spiro atoms. The van der Waals surface area contributed by atoms with Crippen LogP contribution in [0.15, 0.2) is 24.4 Å². The lowest BCUT2D eigenvalue weighted by Gasteiger charge is -2.06. The lowest BCUT2D eigenvalue weighted by Crippen LogP contribution is -2.26. The maximum atomic E-state index is 11.7. The van der Waals surface area contributed by atoms with Crippen LogP contribution in [0.2, 0.25) is 0 Å². The molecule has 3 rings (SSSR count). The average Bonchev–Trinajstić information content (AvgIpc) is 3.05. The lowest BCUT2D eigenvalue weighted by atomic mass is 10.2. The number of nitrogens with zero attached hydrogens (tertiary/aromatic N) is 2. The van der Waals surface area contributed by atoms with E-state index in [2.05, 4.69) is 29.5 Å². The van der Waals surface area contributed by atoms with Crippen molar-refractivity contribution < 1.29 is 4.79 Å². The Kier molecular flexibility index (Phi) is 2.78. The van der Waals surface area contributed by atoms with Crippen molar-refractivity contribution in [3.05, 3.63) is 30.0 Å². The highest BCUT2D eigenvalue weighted by Gasteiger charge is 2.22. The Morgan fingerprint density at radius 2 is 2.33 bits per heavy atom. The molecule has 0 saturated heterocycles. The van der Waals surface area contributed by atoms with Gasteiger partial charge in [0.05, 0.1) is 18.3 Å². The van der Waals surface area contributed by atoms with Crippen LogP contribution in [-0.4, -0.2) is 21.7 Å². The van der Waals surface area contributed by atoms with E-state index in [9.17, 15) is 4.79 Å². The number of aromatic nitrogens is 2. The first-order valence-electron chi connectivity index (χ1n) is 6.44. The first kappa shape index (κ1) is 11.3. The molecular weight excluding hydrogens is 226 g/mol. The largest absolute Gasteiger partial charge is 0.353 e. The van der Waals surface area contributed by atoms with Crippen LogP contribution in [0, 0.1) is 6.92 Å². The Hall–Kier alpha value is -1.84. The zero-order chi connectivity index (χ0) is 12.5. The van der Waals surface area contributed by atoms with Crippen molar-refractivity contribution in [2.45, 2.75) is 38.8 Å². The molecule has 1 fully saturated rings. The standard InChI is InChI=1S/C14H17N3O/c1-10-3-2-4-11-9-15-17(14(10)11)8-7-13(18)16-12-5-6-12/h2-4,9,12H,5-8H2,1H3,(H,16,18). The molecule has 18 heavy (non-hydrogen) atoms. The van der Waals surface area contributed by atoms with Gasteiger partial charge in [0.1, 0.15) is 0 Å². The van der Waals surface area contributed by atoms with Crippen LogP contribution in [0.25, 0.3) is 10.9 Å². The van der Waals surface area contributed by atoms with Crippen molar-refractivity contribution in [2.24, 2.45) is 0 Å². The number of hydrogen-bond donors (Lipinski definition) is 1. The number of rotatable bonds is 4. The first-order valence-corrected chi connectivity index (χ1v) is 6.44. The number of amides is 1. The molecule has 0 aliphatic heterocycles. The molecule has 1 saturated carbocycles. The topological polar surface area (TPSA) is 46.9 Å². The molecule has 1 heterocycles. The van der Waals surface area contributed by atoms with Crippen LogP contribution < -0.4 is 5.32 Å². The van der Waals surface area contributed by atoms with Gasteiger partial charge in [-0.15, -0.1) is 0 Å². The van der Waals surface area contributed by atoms with Crippen molar-refractivity contribution in [1.82, 2.24) is 15.1 Å². The van der Waals surface area contributed by atoms with Crippen LogP contribution in [0.4, 0.5) is 0 Å². The summed E-state index contributed by atoms with van der Waals surface area (Å²) < 4.78 is 1.93. The van der Waals surface area contributed by atoms with E-state index in [1.165, 1.54) is 5.56 Å². The molecule has 94 valence electrons. The molecule has 4 nitrogen and oxygen atoms in total. The van der Waals surface area contributed by atoms with E-state index in [1.54, 1.807) is 0 Å². The van der Waals surface area contributed by atoms with Gasteiger partial charge in [0.2, 0.25) is 5.91 Å².